The second-order valence-corrected chi connectivity index (χ2v) is 9.91. The van der Waals surface area contributed by atoms with Gasteiger partial charge in [0.05, 0.1) is 24.4 Å². The molecule has 3 saturated heterocycles. The number of hydrogen-bond donors (Lipinski definition) is 0. The number of benzene rings is 2. The third-order valence-corrected chi connectivity index (χ3v) is 7.83. The van der Waals surface area contributed by atoms with Gasteiger partial charge in [-0.1, -0.05) is 46.3 Å². The summed E-state index contributed by atoms with van der Waals surface area (Å²) in [6.07, 6.45) is 0. The Bertz CT molecular complexity index is 1150. The normalized spacial score (nSPS) is 28.5. The maximum absolute atomic E-state index is 13.6. The van der Waals surface area contributed by atoms with Crippen molar-refractivity contribution in [1.29, 1.82) is 0 Å². The van der Waals surface area contributed by atoms with Gasteiger partial charge in [0, 0.05) is 23.1 Å². The van der Waals surface area contributed by atoms with Crippen LogP contribution in [0.5, 0.6) is 0 Å². The van der Waals surface area contributed by atoms with Crippen molar-refractivity contribution < 1.29 is 19.2 Å². The SMILES string of the molecule is CCN1C[C@@H]2[C@@H]3C(=O)N(Cc4ccccc4)C(=O)[C@@H]3[C@](C)(C1=O)N2C(=O)c1ccc(Br)cc1. The summed E-state index contributed by atoms with van der Waals surface area (Å²) in [5.74, 6) is -2.90. The Morgan fingerprint density at radius 3 is 2.33 bits per heavy atom. The lowest BCUT2D eigenvalue weighted by molar-refractivity contribution is -0.155. The number of carbonyl (C=O) groups excluding carboxylic acids is 4. The van der Waals surface area contributed by atoms with Gasteiger partial charge >= 0.3 is 0 Å². The molecule has 3 aliphatic heterocycles. The predicted molar refractivity (Wildman–Crippen MR) is 124 cm³/mol. The molecule has 4 atom stereocenters. The highest BCUT2D eigenvalue weighted by atomic mass is 79.9. The number of carbonyl (C=O) groups is 4. The highest BCUT2D eigenvalue weighted by Crippen LogP contribution is 2.52. The Labute approximate surface area is 200 Å². The van der Waals surface area contributed by atoms with Crippen LogP contribution in [0.4, 0.5) is 0 Å². The molecule has 5 rings (SSSR count). The van der Waals surface area contributed by atoms with E-state index in [0.717, 1.165) is 10.0 Å². The monoisotopic (exact) mass is 509 g/mol. The Balaban J connectivity index is 1.56. The van der Waals surface area contributed by atoms with E-state index in [1.165, 1.54) is 9.80 Å². The van der Waals surface area contributed by atoms with E-state index in [2.05, 4.69) is 15.9 Å². The molecule has 170 valence electrons. The van der Waals surface area contributed by atoms with Crippen LogP contribution in [0.15, 0.2) is 59.1 Å². The van der Waals surface area contributed by atoms with E-state index in [1.54, 1.807) is 36.1 Å². The van der Waals surface area contributed by atoms with Crippen LogP contribution in [0.1, 0.15) is 29.8 Å². The van der Waals surface area contributed by atoms with Crippen molar-refractivity contribution in [2.24, 2.45) is 11.8 Å². The first kappa shape index (κ1) is 21.8. The van der Waals surface area contributed by atoms with Gasteiger partial charge in [0.15, 0.2) is 0 Å². The smallest absolute Gasteiger partial charge is 0.255 e. The first-order chi connectivity index (χ1) is 15.8. The Morgan fingerprint density at radius 1 is 1.03 bits per heavy atom. The van der Waals surface area contributed by atoms with Crippen molar-refractivity contribution in [1.82, 2.24) is 14.7 Å². The van der Waals surface area contributed by atoms with Crippen molar-refractivity contribution in [3.63, 3.8) is 0 Å². The first-order valence-electron chi connectivity index (χ1n) is 11.1. The van der Waals surface area contributed by atoms with Crippen LogP contribution >= 0.6 is 15.9 Å². The van der Waals surface area contributed by atoms with Gasteiger partial charge in [-0.3, -0.25) is 24.1 Å². The minimum Gasteiger partial charge on any atom is -0.339 e. The molecule has 3 aliphatic rings. The fourth-order valence-electron chi connectivity index (χ4n) is 5.73. The largest absolute Gasteiger partial charge is 0.339 e. The van der Waals surface area contributed by atoms with Crippen molar-refractivity contribution in [2.75, 3.05) is 13.1 Å². The molecule has 33 heavy (non-hydrogen) atoms. The molecule has 3 heterocycles. The van der Waals surface area contributed by atoms with Crippen LogP contribution in [-0.2, 0) is 20.9 Å². The topological polar surface area (TPSA) is 78.0 Å². The Hall–Kier alpha value is -3.00. The number of imide groups is 1. The average Bonchev–Trinajstić information content (AvgIpc) is 3.19. The molecule has 0 aromatic heterocycles. The summed E-state index contributed by atoms with van der Waals surface area (Å²) in [6.45, 7) is 4.39. The molecule has 0 radical (unpaired) electrons. The molecule has 0 unspecified atom stereocenters. The zero-order valence-electron chi connectivity index (χ0n) is 18.4. The number of halogens is 1. The number of nitrogens with zero attached hydrogens (tertiary/aromatic N) is 3. The molecule has 2 bridgehead atoms. The summed E-state index contributed by atoms with van der Waals surface area (Å²) >= 11 is 3.37. The fourth-order valence-corrected chi connectivity index (χ4v) is 6.00. The fraction of sp³-hybridized carbons (Fsp3) is 0.360. The molecule has 2 aromatic carbocycles. The zero-order valence-corrected chi connectivity index (χ0v) is 20.0. The summed E-state index contributed by atoms with van der Waals surface area (Å²) < 4.78 is 0.832. The third-order valence-electron chi connectivity index (χ3n) is 7.30. The standard InChI is InChI=1S/C25H24BrN3O4/c1-3-27-14-18-19-20(23(32)28(22(19)31)13-15-7-5-4-6-8-15)25(2,24(27)33)29(18)21(30)16-9-11-17(26)12-10-16/h4-12,18-20H,3,13-14H2,1-2H3/t18-,19+,20-,25-/m1/s1. The maximum Gasteiger partial charge on any atom is 0.255 e. The second kappa shape index (κ2) is 7.80. The van der Waals surface area contributed by atoms with E-state index in [-0.39, 0.29) is 36.7 Å². The van der Waals surface area contributed by atoms with Gasteiger partial charge in [0.25, 0.3) is 5.91 Å². The van der Waals surface area contributed by atoms with E-state index in [1.807, 2.05) is 37.3 Å². The molecule has 2 aromatic rings. The molecule has 0 spiro atoms. The predicted octanol–water partition coefficient (Wildman–Crippen LogP) is 2.70. The Morgan fingerprint density at radius 2 is 1.70 bits per heavy atom. The van der Waals surface area contributed by atoms with Crippen molar-refractivity contribution in [3.8, 4) is 0 Å². The highest BCUT2D eigenvalue weighted by Gasteiger charge is 2.73. The first-order valence-corrected chi connectivity index (χ1v) is 11.9. The number of rotatable bonds is 4. The van der Waals surface area contributed by atoms with Crippen molar-refractivity contribution in [3.05, 3.63) is 70.2 Å². The van der Waals surface area contributed by atoms with Gasteiger partial charge in [-0.2, -0.15) is 0 Å². The molecule has 8 heteroatoms. The third kappa shape index (κ3) is 3.07. The van der Waals surface area contributed by atoms with Gasteiger partial charge < -0.3 is 9.80 Å². The van der Waals surface area contributed by atoms with Crippen LogP contribution in [0.25, 0.3) is 0 Å². The van der Waals surface area contributed by atoms with Gasteiger partial charge in [-0.25, -0.2) is 0 Å². The number of amides is 4. The molecule has 7 nitrogen and oxygen atoms in total. The van der Waals surface area contributed by atoms with Crippen LogP contribution in [0.3, 0.4) is 0 Å². The molecule has 0 aliphatic carbocycles. The second-order valence-electron chi connectivity index (χ2n) is 8.99. The van der Waals surface area contributed by atoms with Crippen LogP contribution in [-0.4, -0.2) is 63.0 Å². The lowest BCUT2D eigenvalue weighted by Crippen LogP contribution is -2.68. The quantitative estimate of drug-likeness (QED) is 0.593. The summed E-state index contributed by atoms with van der Waals surface area (Å²) in [7, 11) is 0. The highest BCUT2D eigenvalue weighted by molar-refractivity contribution is 9.10. The summed E-state index contributed by atoms with van der Waals surface area (Å²) in [6, 6.07) is 15.7. The van der Waals surface area contributed by atoms with Crippen LogP contribution in [0.2, 0.25) is 0 Å². The van der Waals surface area contributed by atoms with E-state index in [4.69, 9.17) is 0 Å². The van der Waals surface area contributed by atoms with Crippen molar-refractivity contribution >= 4 is 39.6 Å². The minimum absolute atomic E-state index is 0.167. The van der Waals surface area contributed by atoms with Gasteiger partial charge in [-0.15, -0.1) is 0 Å². The van der Waals surface area contributed by atoms with Crippen LogP contribution in [0, 0.1) is 11.8 Å². The number of hydrogen-bond acceptors (Lipinski definition) is 4. The molecular formula is C25H24BrN3O4. The minimum atomic E-state index is -1.41. The molecule has 4 amide bonds. The van der Waals surface area contributed by atoms with Gasteiger partial charge in [0.2, 0.25) is 17.7 Å². The number of likely N-dealkylation sites (N-methyl/N-ethyl adjacent to an activating group) is 1. The summed E-state index contributed by atoms with van der Waals surface area (Å²) in [5, 5.41) is 0. The lowest BCUT2D eigenvalue weighted by atomic mass is 9.81. The van der Waals surface area contributed by atoms with Crippen molar-refractivity contribution in [2.45, 2.75) is 32.0 Å². The molecule has 3 fully saturated rings. The summed E-state index contributed by atoms with van der Waals surface area (Å²) in [4.78, 5) is 58.9. The number of likely N-dealkylation sites (tertiary alicyclic amines) is 2. The molecular weight excluding hydrogens is 486 g/mol. The average molecular weight is 510 g/mol. The van der Waals surface area contributed by atoms with Gasteiger partial charge in [-0.05, 0) is 43.7 Å². The number of piperazine rings is 1. The number of fused-ring (bicyclic) bond motifs is 5. The van der Waals surface area contributed by atoms with E-state index >= 15 is 0 Å². The molecule has 0 N–H and O–H groups in total. The van der Waals surface area contributed by atoms with E-state index < -0.39 is 23.4 Å². The molecule has 0 saturated carbocycles. The zero-order chi connectivity index (χ0) is 23.5. The summed E-state index contributed by atoms with van der Waals surface area (Å²) in [5.41, 5.74) is -0.140. The van der Waals surface area contributed by atoms with E-state index in [0.29, 0.717) is 12.1 Å². The Kier molecular flexibility index (Phi) is 5.16. The lowest BCUT2D eigenvalue weighted by Gasteiger charge is -2.47. The van der Waals surface area contributed by atoms with E-state index in [9.17, 15) is 19.2 Å². The maximum atomic E-state index is 13.6. The van der Waals surface area contributed by atoms with Gasteiger partial charge in [0.1, 0.15) is 5.54 Å². The van der Waals surface area contributed by atoms with Crippen LogP contribution < -0.4 is 0 Å².